The van der Waals surface area contributed by atoms with Gasteiger partial charge in [0, 0.05) is 16.1 Å². The van der Waals surface area contributed by atoms with Gasteiger partial charge in [-0.25, -0.2) is 0 Å². The number of Topliss-reactive ketones (excluding diaryl/α,β-unsaturated/α-hetero) is 1. The number of nitrogens with zero attached hydrogens (tertiary/aromatic N) is 1. The number of hydrogen-bond donors (Lipinski definition) is 1. The summed E-state index contributed by atoms with van der Waals surface area (Å²) in [5, 5.41) is 13.3. The van der Waals surface area contributed by atoms with Crippen molar-refractivity contribution in [2.75, 3.05) is 4.90 Å². The van der Waals surface area contributed by atoms with E-state index in [-0.39, 0.29) is 11.3 Å². The Balaban J connectivity index is 1.54. The molecule has 1 fully saturated rings. The molecule has 1 amide bonds. The van der Waals surface area contributed by atoms with Crippen LogP contribution in [0.4, 0.5) is 5.69 Å². The fraction of sp³-hybridized carbons (Fsp3) is 0.161. The summed E-state index contributed by atoms with van der Waals surface area (Å²) in [5.41, 5.74) is 5.03. The molecule has 2 heterocycles. The Hall–Kier alpha value is -4.16. The van der Waals surface area contributed by atoms with Crippen molar-refractivity contribution in [2.45, 2.75) is 33.4 Å². The maximum Gasteiger partial charge on any atom is 0.300 e. The zero-order chi connectivity index (χ0) is 26.1. The Labute approximate surface area is 220 Å². The van der Waals surface area contributed by atoms with Gasteiger partial charge in [0.25, 0.3) is 11.7 Å². The number of anilines is 1. The van der Waals surface area contributed by atoms with Gasteiger partial charge in [-0.3, -0.25) is 14.5 Å². The molecule has 0 bridgehead atoms. The molecule has 37 heavy (non-hydrogen) atoms. The van der Waals surface area contributed by atoms with Crippen molar-refractivity contribution in [3.63, 3.8) is 0 Å². The molecule has 1 atom stereocenters. The topological polar surface area (TPSA) is 66.8 Å². The van der Waals surface area contributed by atoms with E-state index in [2.05, 4.69) is 0 Å². The lowest BCUT2D eigenvalue weighted by atomic mass is 9.98. The summed E-state index contributed by atoms with van der Waals surface area (Å²) in [6.07, 6.45) is 0. The van der Waals surface area contributed by atoms with Gasteiger partial charge in [-0.2, -0.15) is 0 Å². The number of aliphatic hydroxyl groups excluding tert-OH is 1. The molecule has 6 heteroatoms. The van der Waals surface area contributed by atoms with Crippen LogP contribution in [0.5, 0.6) is 5.75 Å². The van der Waals surface area contributed by atoms with Crippen molar-refractivity contribution in [1.29, 1.82) is 0 Å². The molecule has 0 spiro atoms. The maximum atomic E-state index is 13.4. The van der Waals surface area contributed by atoms with E-state index in [4.69, 9.17) is 4.74 Å². The first-order chi connectivity index (χ1) is 17.8. The smallest absolute Gasteiger partial charge is 0.300 e. The molecule has 1 aliphatic rings. The fourth-order valence-electron chi connectivity index (χ4n) is 4.75. The zero-order valence-corrected chi connectivity index (χ0v) is 21.7. The Kier molecular flexibility index (Phi) is 6.68. The van der Waals surface area contributed by atoms with Crippen LogP contribution in [0.25, 0.3) is 5.76 Å². The minimum Gasteiger partial charge on any atom is -0.507 e. The quantitative estimate of drug-likeness (QED) is 0.175. The molecule has 5 rings (SSSR count). The molecule has 4 aromatic rings. The van der Waals surface area contributed by atoms with Gasteiger partial charge in [-0.15, -0.1) is 11.3 Å². The number of benzene rings is 3. The van der Waals surface area contributed by atoms with E-state index in [1.165, 1.54) is 16.2 Å². The lowest BCUT2D eigenvalue weighted by Gasteiger charge is -2.25. The van der Waals surface area contributed by atoms with E-state index in [9.17, 15) is 14.7 Å². The molecule has 1 aromatic heterocycles. The summed E-state index contributed by atoms with van der Waals surface area (Å²) in [4.78, 5) is 29.0. The maximum absolute atomic E-state index is 13.4. The van der Waals surface area contributed by atoms with Gasteiger partial charge < -0.3 is 9.84 Å². The van der Waals surface area contributed by atoms with Gasteiger partial charge in [0.05, 0.1) is 5.57 Å². The number of ether oxygens (including phenoxy) is 1. The average Bonchev–Trinajstić information content (AvgIpc) is 3.49. The van der Waals surface area contributed by atoms with E-state index in [0.717, 1.165) is 27.1 Å². The number of carbonyl (C=O) groups excluding carboxylic acids is 2. The first-order valence-corrected chi connectivity index (χ1v) is 12.9. The van der Waals surface area contributed by atoms with Crippen molar-refractivity contribution >= 4 is 34.5 Å². The van der Waals surface area contributed by atoms with Crippen molar-refractivity contribution in [3.05, 3.63) is 123 Å². The second kappa shape index (κ2) is 10.1. The average molecular weight is 510 g/mol. The van der Waals surface area contributed by atoms with Crippen LogP contribution >= 0.6 is 11.3 Å². The Morgan fingerprint density at radius 1 is 0.919 bits per heavy atom. The molecule has 1 unspecified atom stereocenters. The molecule has 0 saturated carbocycles. The number of amides is 1. The van der Waals surface area contributed by atoms with Gasteiger partial charge in [0.1, 0.15) is 24.2 Å². The van der Waals surface area contributed by atoms with Gasteiger partial charge in [-0.1, -0.05) is 42.5 Å². The summed E-state index contributed by atoms with van der Waals surface area (Å²) in [6.45, 7) is 6.23. The van der Waals surface area contributed by atoms with Gasteiger partial charge in [0.15, 0.2) is 0 Å². The lowest BCUT2D eigenvalue weighted by molar-refractivity contribution is -0.132. The molecule has 1 N–H and O–H groups in total. The second-order valence-electron chi connectivity index (χ2n) is 9.28. The number of rotatable bonds is 6. The molecule has 186 valence electrons. The third-order valence-corrected chi connectivity index (χ3v) is 7.35. The molecule has 0 radical (unpaired) electrons. The summed E-state index contributed by atoms with van der Waals surface area (Å²) in [5.74, 6) is -0.853. The number of thiophene rings is 1. The molecule has 0 aliphatic carbocycles. The molecule has 1 saturated heterocycles. The van der Waals surface area contributed by atoms with Crippen LogP contribution in [-0.2, 0) is 16.2 Å². The van der Waals surface area contributed by atoms with Gasteiger partial charge >= 0.3 is 0 Å². The van der Waals surface area contributed by atoms with Crippen molar-refractivity contribution in [3.8, 4) is 5.75 Å². The number of aryl methyl sites for hydroxylation is 3. The van der Waals surface area contributed by atoms with Crippen LogP contribution in [0.1, 0.15) is 38.7 Å². The van der Waals surface area contributed by atoms with Crippen LogP contribution in [0.3, 0.4) is 0 Å². The summed E-state index contributed by atoms with van der Waals surface area (Å²) >= 11 is 1.45. The predicted molar refractivity (Wildman–Crippen MR) is 147 cm³/mol. The molecule has 3 aromatic carbocycles. The van der Waals surface area contributed by atoms with Crippen molar-refractivity contribution in [2.24, 2.45) is 0 Å². The van der Waals surface area contributed by atoms with E-state index in [1.54, 1.807) is 18.2 Å². The van der Waals surface area contributed by atoms with Gasteiger partial charge in [-0.05, 0) is 84.8 Å². The van der Waals surface area contributed by atoms with Crippen LogP contribution in [-0.4, -0.2) is 16.8 Å². The van der Waals surface area contributed by atoms with Crippen molar-refractivity contribution < 1.29 is 19.4 Å². The molecule has 5 nitrogen and oxygen atoms in total. The van der Waals surface area contributed by atoms with Crippen LogP contribution in [0.2, 0.25) is 0 Å². The van der Waals surface area contributed by atoms with Crippen LogP contribution in [0.15, 0.2) is 89.8 Å². The summed E-state index contributed by atoms with van der Waals surface area (Å²) in [6, 6.07) is 24.0. The fourth-order valence-corrected chi connectivity index (χ4v) is 5.58. The number of aliphatic hydroxyl groups is 1. The van der Waals surface area contributed by atoms with E-state index >= 15 is 0 Å². The predicted octanol–water partition coefficient (Wildman–Crippen LogP) is 6.88. The highest BCUT2D eigenvalue weighted by Gasteiger charge is 2.47. The molecular formula is C31H27NO4S. The SMILES string of the molecule is Cc1cc(C)cc(N2C(=O)C(=O)/C(=C(\O)c3ccc(OCc4ccccc4)c(C)c3)C2c2cccs2)c1. The van der Waals surface area contributed by atoms with Crippen LogP contribution in [0, 0.1) is 20.8 Å². The monoisotopic (exact) mass is 509 g/mol. The Morgan fingerprint density at radius 3 is 2.30 bits per heavy atom. The van der Waals surface area contributed by atoms with Crippen molar-refractivity contribution in [1.82, 2.24) is 0 Å². The number of carbonyl (C=O) groups is 2. The normalized spacial score (nSPS) is 16.8. The Morgan fingerprint density at radius 2 is 1.65 bits per heavy atom. The Bertz CT molecular complexity index is 1490. The highest BCUT2D eigenvalue weighted by Crippen LogP contribution is 2.44. The summed E-state index contributed by atoms with van der Waals surface area (Å²) in [7, 11) is 0. The first kappa shape index (κ1) is 24.5. The second-order valence-corrected chi connectivity index (χ2v) is 10.3. The number of ketones is 1. The largest absolute Gasteiger partial charge is 0.507 e. The minimum atomic E-state index is -0.712. The zero-order valence-electron chi connectivity index (χ0n) is 20.9. The first-order valence-electron chi connectivity index (χ1n) is 12.0. The summed E-state index contributed by atoms with van der Waals surface area (Å²) < 4.78 is 5.97. The lowest BCUT2D eigenvalue weighted by Crippen LogP contribution is -2.29. The van der Waals surface area contributed by atoms with E-state index in [1.807, 2.05) is 86.8 Å². The molecule has 1 aliphatic heterocycles. The third-order valence-electron chi connectivity index (χ3n) is 6.43. The molecular weight excluding hydrogens is 482 g/mol. The third kappa shape index (κ3) is 4.80. The standard InChI is InChI=1S/C31H27NO4S/c1-19-14-20(2)16-24(15-19)32-28(26-10-7-13-37-26)27(30(34)31(32)35)29(33)23-11-12-25(21(3)17-23)36-18-22-8-5-4-6-9-22/h4-17,28,33H,18H2,1-3H3/b29-27-. The van der Waals surface area contributed by atoms with E-state index < -0.39 is 17.7 Å². The van der Waals surface area contributed by atoms with Gasteiger partial charge in [0.2, 0.25) is 0 Å². The minimum absolute atomic E-state index is 0.0870. The number of hydrogen-bond acceptors (Lipinski definition) is 5. The van der Waals surface area contributed by atoms with Crippen LogP contribution < -0.4 is 9.64 Å². The highest BCUT2D eigenvalue weighted by atomic mass is 32.1. The highest BCUT2D eigenvalue weighted by molar-refractivity contribution is 7.10. The van der Waals surface area contributed by atoms with E-state index in [0.29, 0.717) is 23.6 Å².